The van der Waals surface area contributed by atoms with Crippen LogP contribution in [0.3, 0.4) is 0 Å². The molecule has 2 unspecified atom stereocenters. The van der Waals surface area contributed by atoms with Crippen LogP contribution in [0.1, 0.15) is 412 Å². The molecule has 0 rings (SSSR count). The molecular weight excluding hydrogens is 959 g/mol. The summed E-state index contributed by atoms with van der Waals surface area (Å²) in [5, 5.41) is 23.3. The van der Waals surface area contributed by atoms with Crippen molar-refractivity contribution in [2.24, 2.45) is 0 Å². The summed E-state index contributed by atoms with van der Waals surface area (Å²) in [7, 11) is 0. The molecule has 2 atom stereocenters. The Kier molecular flexibility index (Phi) is 66.9. The fourth-order valence-corrected chi connectivity index (χ4v) is 11.6. The van der Waals surface area contributed by atoms with Crippen LogP contribution < -0.4 is 5.32 Å². The summed E-state index contributed by atoms with van der Waals surface area (Å²) in [5.74, 6) is -0.0517. The predicted octanol–water partition coefficient (Wildman–Crippen LogP) is 23.1. The number of esters is 1. The van der Waals surface area contributed by atoms with E-state index in [0.717, 1.165) is 38.5 Å². The van der Waals surface area contributed by atoms with Crippen molar-refractivity contribution in [1.29, 1.82) is 0 Å². The average Bonchev–Trinajstić information content (AvgIpc) is 3.44. The van der Waals surface area contributed by atoms with Crippen LogP contribution in [0.25, 0.3) is 0 Å². The van der Waals surface area contributed by atoms with Crippen LogP contribution in [0, 0.1) is 0 Å². The van der Waals surface area contributed by atoms with Crippen molar-refractivity contribution >= 4 is 11.9 Å². The first-order valence-corrected chi connectivity index (χ1v) is 36.0. The molecule has 0 saturated heterocycles. The van der Waals surface area contributed by atoms with Gasteiger partial charge in [-0.05, 0) is 32.1 Å². The van der Waals surface area contributed by atoms with Gasteiger partial charge in [-0.1, -0.05) is 379 Å². The van der Waals surface area contributed by atoms with E-state index in [0.29, 0.717) is 19.4 Å². The molecule has 0 aliphatic heterocycles. The molecule has 464 valence electrons. The van der Waals surface area contributed by atoms with Crippen molar-refractivity contribution in [3.63, 3.8) is 0 Å². The van der Waals surface area contributed by atoms with E-state index in [1.54, 1.807) is 6.08 Å². The molecule has 0 fully saturated rings. The molecule has 78 heavy (non-hydrogen) atoms. The number of nitrogens with one attached hydrogen (secondary N) is 1. The average molecular weight is 1100 g/mol. The minimum Gasteiger partial charge on any atom is -0.466 e. The zero-order valence-electron chi connectivity index (χ0n) is 53.2. The molecule has 0 aromatic carbocycles. The number of unbranched alkanes of at least 4 members (excludes halogenated alkanes) is 57. The Hall–Kier alpha value is -1.40. The molecule has 3 N–H and O–H groups in total. The zero-order chi connectivity index (χ0) is 56.4. The highest BCUT2D eigenvalue weighted by Crippen LogP contribution is 2.19. The highest BCUT2D eigenvalue weighted by molar-refractivity contribution is 5.76. The number of hydrogen-bond acceptors (Lipinski definition) is 5. The molecule has 0 saturated carbocycles. The number of aliphatic hydroxyl groups is 2. The van der Waals surface area contributed by atoms with Gasteiger partial charge in [-0.25, -0.2) is 0 Å². The number of allylic oxidation sites excluding steroid dienone is 1. The number of carbonyl (C=O) groups is 2. The summed E-state index contributed by atoms with van der Waals surface area (Å²) in [5.41, 5.74) is 0. The van der Waals surface area contributed by atoms with Gasteiger partial charge in [0.2, 0.25) is 5.91 Å². The minimum atomic E-state index is -0.847. The van der Waals surface area contributed by atoms with Gasteiger partial charge < -0.3 is 20.3 Å². The van der Waals surface area contributed by atoms with Crippen molar-refractivity contribution in [1.82, 2.24) is 5.32 Å². The summed E-state index contributed by atoms with van der Waals surface area (Å²) in [6.45, 7) is 4.95. The van der Waals surface area contributed by atoms with Crippen LogP contribution in [0.5, 0.6) is 0 Å². The van der Waals surface area contributed by atoms with Crippen LogP contribution >= 0.6 is 0 Å². The predicted molar refractivity (Wildman–Crippen MR) is 343 cm³/mol. The molecule has 0 aromatic heterocycles. The number of carbonyl (C=O) groups excluding carboxylic acids is 2. The van der Waals surface area contributed by atoms with Gasteiger partial charge in [-0.2, -0.15) is 0 Å². The highest BCUT2D eigenvalue weighted by Gasteiger charge is 2.18. The van der Waals surface area contributed by atoms with E-state index in [2.05, 4.69) is 19.2 Å². The fourth-order valence-electron chi connectivity index (χ4n) is 11.6. The molecule has 0 radical (unpaired) electrons. The maximum Gasteiger partial charge on any atom is 0.305 e. The van der Waals surface area contributed by atoms with Crippen molar-refractivity contribution in [2.45, 2.75) is 424 Å². The lowest BCUT2D eigenvalue weighted by atomic mass is 10.0. The van der Waals surface area contributed by atoms with Gasteiger partial charge >= 0.3 is 5.97 Å². The van der Waals surface area contributed by atoms with E-state index in [-0.39, 0.29) is 18.5 Å². The number of hydrogen-bond donors (Lipinski definition) is 3. The Bertz CT molecular complexity index is 1180. The Morgan fingerprint density at radius 2 is 0.590 bits per heavy atom. The molecule has 6 nitrogen and oxygen atoms in total. The number of ether oxygens (including phenoxy) is 1. The van der Waals surface area contributed by atoms with Crippen LogP contribution in [0.4, 0.5) is 0 Å². The second kappa shape index (κ2) is 68.1. The van der Waals surface area contributed by atoms with Gasteiger partial charge in [-0.3, -0.25) is 9.59 Å². The van der Waals surface area contributed by atoms with Gasteiger partial charge in [0.05, 0.1) is 25.4 Å². The van der Waals surface area contributed by atoms with Crippen LogP contribution in [0.2, 0.25) is 0 Å². The second-order valence-corrected chi connectivity index (χ2v) is 24.9. The number of rotatable bonds is 68. The smallest absolute Gasteiger partial charge is 0.305 e. The van der Waals surface area contributed by atoms with Gasteiger partial charge in [0.25, 0.3) is 0 Å². The summed E-state index contributed by atoms with van der Waals surface area (Å²) >= 11 is 0. The number of aliphatic hydroxyl groups excluding tert-OH is 2. The monoisotopic (exact) mass is 1100 g/mol. The molecule has 0 bridgehead atoms. The third kappa shape index (κ3) is 63.8. The third-order valence-corrected chi connectivity index (χ3v) is 17.1. The van der Waals surface area contributed by atoms with Crippen LogP contribution in [-0.2, 0) is 14.3 Å². The molecule has 0 heterocycles. The van der Waals surface area contributed by atoms with E-state index in [9.17, 15) is 19.8 Å². The molecule has 0 aliphatic rings. The van der Waals surface area contributed by atoms with E-state index in [1.807, 2.05) is 6.08 Å². The SMILES string of the molecule is CCCCCCCCCCCCCCCCCCCCCCCCC/C=C/C(O)C(CO)NC(=O)CCCCCCCCCCCCCCCCCCCCCOC(=O)CCCCCCCCCCCCCCCCCCC. The quantitative estimate of drug-likeness (QED) is 0.0320. The largest absolute Gasteiger partial charge is 0.466 e. The number of amides is 1. The van der Waals surface area contributed by atoms with E-state index >= 15 is 0 Å². The molecule has 0 aromatic rings. The maximum atomic E-state index is 12.5. The highest BCUT2D eigenvalue weighted by atomic mass is 16.5. The Labute approximate surface area is 489 Å². The maximum absolute atomic E-state index is 12.5. The third-order valence-electron chi connectivity index (χ3n) is 17.1. The summed E-state index contributed by atoms with van der Waals surface area (Å²) in [4.78, 5) is 24.6. The fraction of sp³-hybridized carbons (Fsp3) is 0.944. The van der Waals surface area contributed by atoms with Crippen molar-refractivity contribution in [2.75, 3.05) is 13.2 Å². The van der Waals surface area contributed by atoms with Gasteiger partial charge in [0.15, 0.2) is 0 Å². The van der Waals surface area contributed by atoms with Crippen LogP contribution in [0.15, 0.2) is 12.2 Å². The lowest BCUT2D eigenvalue weighted by Gasteiger charge is -2.20. The van der Waals surface area contributed by atoms with E-state index in [1.165, 1.54) is 347 Å². The van der Waals surface area contributed by atoms with Gasteiger partial charge in [0, 0.05) is 12.8 Å². The Balaban J connectivity index is 3.41. The minimum absolute atomic E-state index is 0.0137. The summed E-state index contributed by atoms with van der Waals surface area (Å²) in [6, 6.07) is -0.631. The van der Waals surface area contributed by atoms with Gasteiger partial charge in [0.1, 0.15) is 0 Å². The molecular formula is C72H141NO5. The van der Waals surface area contributed by atoms with Crippen LogP contribution in [-0.4, -0.2) is 47.4 Å². The zero-order valence-corrected chi connectivity index (χ0v) is 53.2. The normalized spacial score (nSPS) is 12.5. The first-order valence-electron chi connectivity index (χ1n) is 36.0. The molecule has 0 spiro atoms. The standard InChI is InChI=1S/C72H141NO5/c1-3-5-7-9-11-13-15-17-19-21-22-23-24-25-26-27-29-33-36-40-44-48-52-56-60-64-70(75)69(68-74)73-71(76)65-61-57-53-49-45-41-37-34-30-28-31-35-39-43-47-51-55-59-63-67-78-72(77)66-62-58-54-50-46-42-38-32-20-18-16-14-12-10-8-6-4-2/h60,64,69-70,74-75H,3-59,61-63,65-68H2,1-2H3,(H,73,76)/b64-60+. The van der Waals surface area contributed by atoms with Crippen molar-refractivity contribution < 1.29 is 24.5 Å². The first kappa shape index (κ1) is 76.6. The molecule has 0 aliphatic carbocycles. The lowest BCUT2D eigenvalue weighted by Crippen LogP contribution is -2.45. The summed E-state index contributed by atoms with van der Waals surface area (Å²) < 4.78 is 5.50. The van der Waals surface area contributed by atoms with Crippen molar-refractivity contribution in [3.05, 3.63) is 12.2 Å². The Morgan fingerprint density at radius 1 is 0.346 bits per heavy atom. The van der Waals surface area contributed by atoms with E-state index in [4.69, 9.17) is 4.74 Å². The topological polar surface area (TPSA) is 95.9 Å². The molecule has 6 heteroatoms. The summed E-state index contributed by atoms with van der Waals surface area (Å²) in [6.07, 6.45) is 84.3. The van der Waals surface area contributed by atoms with Gasteiger partial charge in [-0.15, -0.1) is 0 Å². The lowest BCUT2D eigenvalue weighted by molar-refractivity contribution is -0.143. The van der Waals surface area contributed by atoms with Crippen molar-refractivity contribution in [3.8, 4) is 0 Å². The second-order valence-electron chi connectivity index (χ2n) is 24.9. The van der Waals surface area contributed by atoms with E-state index < -0.39 is 12.1 Å². The molecule has 1 amide bonds. The Morgan fingerprint density at radius 3 is 0.872 bits per heavy atom. The first-order chi connectivity index (χ1) is 38.5.